The molecule has 0 saturated carbocycles. The Morgan fingerprint density at radius 1 is 1.16 bits per heavy atom. The number of hydrogen-bond acceptors (Lipinski definition) is 6. The molecule has 0 aliphatic carbocycles. The van der Waals surface area contributed by atoms with Gasteiger partial charge in [0.25, 0.3) is 5.91 Å². The minimum absolute atomic E-state index is 0.171. The molecule has 1 aromatic carbocycles. The van der Waals surface area contributed by atoms with Crippen LogP contribution in [0.25, 0.3) is 0 Å². The number of esters is 1. The number of urea groups is 1. The fourth-order valence-electron chi connectivity index (χ4n) is 3.76. The van der Waals surface area contributed by atoms with Crippen LogP contribution in [0.4, 0.5) is 10.5 Å². The van der Waals surface area contributed by atoms with E-state index >= 15 is 0 Å². The third kappa shape index (κ3) is 5.34. The normalized spacial score (nSPS) is 17.4. The Hall–Kier alpha value is -3.10. The van der Waals surface area contributed by atoms with Crippen molar-refractivity contribution >= 4 is 29.5 Å². The van der Waals surface area contributed by atoms with Crippen molar-refractivity contribution in [3.8, 4) is 5.75 Å². The van der Waals surface area contributed by atoms with Crippen LogP contribution in [0.15, 0.2) is 18.2 Å². The highest BCUT2D eigenvalue weighted by Crippen LogP contribution is 2.31. The summed E-state index contributed by atoms with van der Waals surface area (Å²) in [7, 11) is 1.48. The molecule has 0 spiro atoms. The number of imide groups is 1. The number of unbranched alkanes of at least 4 members (excludes halogenated alkanes) is 1. The molecule has 3 rings (SSSR count). The van der Waals surface area contributed by atoms with Gasteiger partial charge in [0.05, 0.1) is 25.3 Å². The van der Waals surface area contributed by atoms with Crippen molar-refractivity contribution in [2.75, 3.05) is 38.3 Å². The van der Waals surface area contributed by atoms with Crippen molar-refractivity contribution in [1.29, 1.82) is 0 Å². The summed E-state index contributed by atoms with van der Waals surface area (Å²) >= 11 is 0. The van der Waals surface area contributed by atoms with Crippen LogP contribution >= 0.6 is 0 Å². The van der Waals surface area contributed by atoms with Gasteiger partial charge in [0.1, 0.15) is 5.75 Å². The van der Waals surface area contributed by atoms with Gasteiger partial charge in [-0.3, -0.25) is 24.6 Å². The number of benzene rings is 1. The summed E-state index contributed by atoms with van der Waals surface area (Å²) in [4.78, 5) is 52.0. The van der Waals surface area contributed by atoms with Crippen LogP contribution in [0.2, 0.25) is 0 Å². The van der Waals surface area contributed by atoms with Crippen molar-refractivity contribution < 1.29 is 28.7 Å². The summed E-state index contributed by atoms with van der Waals surface area (Å²) in [6.07, 6.45) is 3.13. The summed E-state index contributed by atoms with van der Waals surface area (Å²) in [6.45, 7) is 3.63. The fraction of sp³-hybridized carbons (Fsp3) is 0.545. The molecule has 31 heavy (non-hydrogen) atoms. The number of ether oxygens (including phenoxy) is 2. The van der Waals surface area contributed by atoms with Crippen molar-refractivity contribution in [2.24, 2.45) is 5.92 Å². The van der Waals surface area contributed by atoms with E-state index in [0.717, 1.165) is 12.8 Å². The highest BCUT2D eigenvalue weighted by molar-refractivity contribution is 6.07. The second-order valence-corrected chi connectivity index (χ2v) is 7.73. The molecule has 1 aromatic rings. The van der Waals surface area contributed by atoms with E-state index in [1.807, 2.05) is 6.92 Å². The molecule has 2 aliphatic rings. The Morgan fingerprint density at radius 2 is 1.90 bits per heavy atom. The van der Waals surface area contributed by atoms with Crippen LogP contribution < -0.4 is 15.0 Å². The summed E-state index contributed by atoms with van der Waals surface area (Å²) < 4.78 is 10.7. The maximum absolute atomic E-state index is 13.1. The number of nitrogens with zero attached hydrogens (tertiary/aromatic N) is 2. The minimum Gasteiger partial charge on any atom is -0.495 e. The van der Waals surface area contributed by atoms with Gasteiger partial charge in [-0.25, -0.2) is 4.79 Å². The van der Waals surface area contributed by atoms with E-state index in [1.54, 1.807) is 23.1 Å². The van der Waals surface area contributed by atoms with Crippen LogP contribution in [0.1, 0.15) is 49.4 Å². The molecule has 168 valence electrons. The second kappa shape index (κ2) is 10.3. The number of carbonyl (C=O) groups is 4. The average molecular weight is 431 g/mol. The Kier molecular flexibility index (Phi) is 7.49. The zero-order valence-corrected chi connectivity index (χ0v) is 18.0. The number of likely N-dealkylation sites (tertiary alicyclic amines) is 1. The molecule has 2 saturated heterocycles. The van der Waals surface area contributed by atoms with Gasteiger partial charge in [-0.05, 0) is 37.5 Å². The number of carbonyl (C=O) groups excluding carboxylic acids is 4. The highest BCUT2D eigenvalue weighted by Gasteiger charge is 2.31. The molecule has 0 radical (unpaired) electrons. The molecule has 2 fully saturated rings. The third-order valence-corrected chi connectivity index (χ3v) is 5.63. The van der Waals surface area contributed by atoms with Crippen molar-refractivity contribution in [3.63, 3.8) is 0 Å². The first kappa shape index (κ1) is 22.6. The highest BCUT2D eigenvalue weighted by atomic mass is 16.5. The minimum atomic E-state index is -0.540. The van der Waals surface area contributed by atoms with Gasteiger partial charge in [0.15, 0.2) is 0 Å². The largest absolute Gasteiger partial charge is 0.495 e. The van der Waals surface area contributed by atoms with Gasteiger partial charge in [-0.1, -0.05) is 13.3 Å². The molecule has 9 nitrogen and oxygen atoms in total. The lowest BCUT2D eigenvalue weighted by molar-refractivity contribution is -0.150. The molecule has 2 heterocycles. The lowest BCUT2D eigenvalue weighted by Gasteiger charge is -2.32. The first-order valence-corrected chi connectivity index (χ1v) is 10.7. The van der Waals surface area contributed by atoms with Gasteiger partial charge in [0, 0.05) is 31.6 Å². The number of anilines is 1. The molecule has 9 heteroatoms. The first-order valence-electron chi connectivity index (χ1n) is 10.7. The van der Waals surface area contributed by atoms with Crippen LogP contribution in [0.5, 0.6) is 5.75 Å². The Morgan fingerprint density at radius 3 is 2.55 bits per heavy atom. The number of piperidine rings is 1. The predicted molar refractivity (Wildman–Crippen MR) is 113 cm³/mol. The second-order valence-electron chi connectivity index (χ2n) is 7.73. The smallest absolute Gasteiger partial charge is 0.328 e. The van der Waals surface area contributed by atoms with E-state index in [2.05, 4.69) is 5.32 Å². The van der Waals surface area contributed by atoms with E-state index in [1.165, 1.54) is 12.0 Å². The number of rotatable bonds is 7. The van der Waals surface area contributed by atoms with Crippen LogP contribution in [-0.4, -0.2) is 62.1 Å². The summed E-state index contributed by atoms with van der Waals surface area (Å²) in [5, 5.41) is 2.28. The van der Waals surface area contributed by atoms with Crippen molar-refractivity contribution in [1.82, 2.24) is 10.2 Å². The van der Waals surface area contributed by atoms with E-state index in [-0.39, 0.29) is 36.7 Å². The lowest BCUT2D eigenvalue weighted by atomic mass is 9.96. The predicted octanol–water partition coefficient (Wildman–Crippen LogP) is 2.34. The topological polar surface area (TPSA) is 105 Å². The van der Waals surface area contributed by atoms with Crippen LogP contribution in [-0.2, 0) is 14.3 Å². The van der Waals surface area contributed by atoms with Crippen molar-refractivity contribution in [2.45, 2.75) is 39.0 Å². The van der Waals surface area contributed by atoms with Gasteiger partial charge in [-0.2, -0.15) is 0 Å². The maximum atomic E-state index is 13.1. The number of amides is 4. The molecule has 0 unspecified atom stereocenters. The lowest BCUT2D eigenvalue weighted by Crippen LogP contribution is -2.49. The molecule has 0 atom stereocenters. The number of nitrogens with one attached hydrogen (secondary N) is 1. The molecule has 0 aromatic heterocycles. The molecular formula is C22H29N3O6. The van der Waals surface area contributed by atoms with E-state index in [0.29, 0.717) is 49.5 Å². The summed E-state index contributed by atoms with van der Waals surface area (Å²) in [6, 6.07) is 4.37. The SMILES string of the molecule is CCCCOC(=O)C1CCN(C(=O)c2ccc(OC)c(N3CCC(=O)NC3=O)c2)CC1. The molecule has 2 aliphatic heterocycles. The molecular weight excluding hydrogens is 402 g/mol. The van der Waals surface area contributed by atoms with Gasteiger partial charge < -0.3 is 14.4 Å². The van der Waals surface area contributed by atoms with Gasteiger partial charge in [-0.15, -0.1) is 0 Å². The van der Waals surface area contributed by atoms with Gasteiger partial charge >= 0.3 is 12.0 Å². The Bertz CT molecular complexity index is 848. The molecule has 0 bridgehead atoms. The third-order valence-electron chi connectivity index (χ3n) is 5.63. The number of hydrogen-bond donors (Lipinski definition) is 1. The van der Waals surface area contributed by atoms with E-state index in [9.17, 15) is 19.2 Å². The quantitative estimate of drug-likeness (QED) is 0.525. The fourth-order valence-corrected chi connectivity index (χ4v) is 3.76. The Balaban J connectivity index is 1.66. The van der Waals surface area contributed by atoms with E-state index < -0.39 is 6.03 Å². The summed E-state index contributed by atoms with van der Waals surface area (Å²) in [5.41, 5.74) is 0.859. The molecule has 4 amide bonds. The zero-order valence-electron chi connectivity index (χ0n) is 18.0. The van der Waals surface area contributed by atoms with Crippen molar-refractivity contribution in [3.05, 3.63) is 23.8 Å². The first-order chi connectivity index (χ1) is 14.9. The van der Waals surface area contributed by atoms with Crippen LogP contribution in [0.3, 0.4) is 0 Å². The number of methoxy groups -OCH3 is 1. The van der Waals surface area contributed by atoms with Crippen LogP contribution in [0, 0.1) is 5.92 Å². The van der Waals surface area contributed by atoms with Gasteiger partial charge in [0.2, 0.25) is 5.91 Å². The monoisotopic (exact) mass is 431 g/mol. The van der Waals surface area contributed by atoms with E-state index in [4.69, 9.17) is 9.47 Å². The summed E-state index contributed by atoms with van der Waals surface area (Å²) in [5.74, 6) is -0.423. The zero-order chi connectivity index (χ0) is 22.4. The maximum Gasteiger partial charge on any atom is 0.328 e. The standard InChI is InChI=1S/C22H29N3O6/c1-3-4-13-31-21(28)15-7-10-24(11-8-15)20(27)16-5-6-18(30-2)17(14-16)25-12-9-19(26)23-22(25)29/h5-6,14-15H,3-4,7-13H2,1-2H3,(H,23,26,29). The molecule has 1 N–H and O–H groups in total. The average Bonchev–Trinajstić information content (AvgIpc) is 2.78. The Labute approximate surface area is 181 Å².